The van der Waals surface area contributed by atoms with Gasteiger partial charge in [0.2, 0.25) is 11.8 Å². The van der Waals surface area contributed by atoms with Crippen molar-refractivity contribution in [1.29, 1.82) is 0 Å². The fraction of sp³-hybridized carbons (Fsp3) is 0.353. The van der Waals surface area contributed by atoms with Gasteiger partial charge in [-0.2, -0.15) is 0 Å². The minimum Gasteiger partial charge on any atom is -0.437 e. The minimum atomic E-state index is -0.569. The smallest absolute Gasteiger partial charge is 0.237 e. The van der Waals surface area contributed by atoms with Crippen LogP contribution in [0.3, 0.4) is 0 Å². The Hall–Kier alpha value is -2.51. The van der Waals surface area contributed by atoms with Crippen LogP contribution in [0.2, 0.25) is 0 Å². The number of rotatable bonds is 5. The van der Waals surface area contributed by atoms with Crippen molar-refractivity contribution in [3.8, 4) is 11.6 Å². The molecule has 1 saturated heterocycles. The number of ether oxygens (including phenoxy) is 2. The second-order valence-corrected chi connectivity index (χ2v) is 5.72. The Morgan fingerprint density at radius 1 is 1.33 bits per heavy atom. The van der Waals surface area contributed by atoms with E-state index >= 15 is 0 Å². The molecule has 0 atom stereocenters. The van der Waals surface area contributed by atoms with Crippen molar-refractivity contribution in [3.63, 3.8) is 0 Å². The molecule has 0 saturated carbocycles. The Balaban J connectivity index is 1.71. The van der Waals surface area contributed by atoms with Crippen LogP contribution >= 0.6 is 0 Å². The summed E-state index contributed by atoms with van der Waals surface area (Å²) < 4.78 is 11.0. The molecule has 126 valence electrons. The van der Waals surface area contributed by atoms with Gasteiger partial charge >= 0.3 is 0 Å². The minimum absolute atomic E-state index is 0.0787. The van der Waals surface area contributed by atoms with E-state index in [1.54, 1.807) is 30.6 Å². The third kappa shape index (κ3) is 3.69. The van der Waals surface area contributed by atoms with Gasteiger partial charge in [-0.25, -0.2) is 4.98 Å². The molecule has 1 aromatic heterocycles. The first kappa shape index (κ1) is 16.4. The van der Waals surface area contributed by atoms with Crippen LogP contribution in [0.15, 0.2) is 42.9 Å². The number of hydrogen-bond acceptors (Lipinski definition) is 6. The van der Waals surface area contributed by atoms with Gasteiger partial charge in [0.05, 0.1) is 11.6 Å². The number of amides is 1. The molecule has 24 heavy (non-hydrogen) atoms. The van der Waals surface area contributed by atoms with Crippen LogP contribution in [0.25, 0.3) is 0 Å². The van der Waals surface area contributed by atoms with Crippen molar-refractivity contribution in [2.45, 2.75) is 12.8 Å². The first-order valence-corrected chi connectivity index (χ1v) is 7.85. The van der Waals surface area contributed by atoms with Gasteiger partial charge in [0, 0.05) is 43.9 Å². The third-order valence-electron chi connectivity index (χ3n) is 4.18. The van der Waals surface area contributed by atoms with Crippen molar-refractivity contribution in [3.05, 3.63) is 42.9 Å². The second-order valence-electron chi connectivity index (χ2n) is 5.72. The highest BCUT2D eigenvalue weighted by molar-refractivity contribution is 5.95. The number of carbonyl (C=O) groups excluding carboxylic acids is 1. The number of benzene rings is 1. The molecule has 1 amide bonds. The highest BCUT2D eigenvalue weighted by atomic mass is 16.5. The summed E-state index contributed by atoms with van der Waals surface area (Å²) in [6, 6.07) is 7.15. The van der Waals surface area contributed by atoms with Crippen LogP contribution in [0, 0.1) is 5.41 Å². The first-order chi connectivity index (χ1) is 11.7. The standard InChI is InChI=1S/C17H20N4O3/c18-12-17(4-8-23-9-5-17)16(22)21-13-2-1-3-14(10-13)24-15-11-19-6-7-20-15/h1-3,6-7,10-11H,4-5,8-9,12,18H2,(H,21,22). The summed E-state index contributed by atoms with van der Waals surface area (Å²) in [5.41, 5.74) is 5.95. The SMILES string of the molecule is NCC1(C(=O)Nc2cccc(Oc3cnccn3)c2)CCOCC1. The van der Waals surface area contributed by atoms with Crippen LogP contribution in [-0.4, -0.2) is 35.6 Å². The van der Waals surface area contributed by atoms with Gasteiger partial charge in [0.25, 0.3) is 0 Å². The number of carbonyl (C=O) groups is 1. The Bertz CT molecular complexity index is 687. The summed E-state index contributed by atoms with van der Waals surface area (Å²) in [4.78, 5) is 20.7. The molecule has 0 radical (unpaired) electrons. The lowest BCUT2D eigenvalue weighted by Crippen LogP contribution is -2.46. The van der Waals surface area contributed by atoms with Crippen LogP contribution < -0.4 is 15.8 Å². The summed E-state index contributed by atoms with van der Waals surface area (Å²) in [5, 5.41) is 2.94. The zero-order chi connectivity index (χ0) is 16.8. The van der Waals surface area contributed by atoms with Crippen molar-refractivity contribution >= 4 is 11.6 Å². The number of aromatic nitrogens is 2. The van der Waals surface area contributed by atoms with E-state index in [0.29, 0.717) is 49.9 Å². The average molecular weight is 328 g/mol. The normalized spacial score (nSPS) is 16.4. The lowest BCUT2D eigenvalue weighted by atomic mass is 9.79. The summed E-state index contributed by atoms with van der Waals surface area (Å²) in [6.07, 6.45) is 5.91. The molecule has 1 aromatic carbocycles. The van der Waals surface area contributed by atoms with Gasteiger partial charge in [-0.3, -0.25) is 9.78 Å². The highest BCUT2D eigenvalue weighted by Crippen LogP contribution is 2.31. The van der Waals surface area contributed by atoms with E-state index < -0.39 is 5.41 Å². The zero-order valence-electron chi connectivity index (χ0n) is 13.3. The quantitative estimate of drug-likeness (QED) is 0.870. The van der Waals surface area contributed by atoms with E-state index in [0.717, 1.165) is 0 Å². The number of nitrogens with two attached hydrogens (primary N) is 1. The van der Waals surface area contributed by atoms with E-state index in [4.69, 9.17) is 15.2 Å². The average Bonchev–Trinajstić information content (AvgIpc) is 2.63. The Morgan fingerprint density at radius 3 is 2.88 bits per heavy atom. The second kappa shape index (κ2) is 7.37. The molecule has 0 spiro atoms. The Labute approximate surface area is 140 Å². The van der Waals surface area contributed by atoms with Gasteiger partial charge in [-0.1, -0.05) is 6.07 Å². The number of hydrogen-bond donors (Lipinski definition) is 2. The topological polar surface area (TPSA) is 99.4 Å². The predicted octanol–water partition coefficient (Wildman–Crippen LogP) is 1.96. The fourth-order valence-electron chi connectivity index (χ4n) is 2.65. The molecule has 1 fully saturated rings. The molecule has 7 heteroatoms. The predicted molar refractivity (Wildman–Crippen MR) is 88.7 cm³/mol. The monoisotopic (exact) mass is 328 g/mol. The summed E-state index contributed by atoms with van der Waals surface area (Å²) in [6.45, 7) is 1.42. The van der Waals surface area contributed by atoms with Gasteiger partial charge in [-0.05, 0) is 25.0 Å². The molecule has 3 rings (SSSR count). The van der Waals surface area contributed by atoms with Gasteiger partial charge < -0.3 is 20.5 Å². The Kier molecular flexibility index (Phi) is 5.02. The largest absolute Gasteiger partial charge is 0.437 e. The van der Waals surface area contributed by atoms with Gasteiger partial charge in [0.15, 0.2) is 0 Å². The molecule has 2 heterocycles. The van der Waals surface area contributed by atoms with Crippen LogP contribution in [0.4, 0.5) is 5.69 Å². The first-order valence-electron chi connectivity index (χ1n) is 7.85. The van der Waals surface area contributed by atoms with Crippen molar-refractivity contribution < 1.29 is 14.3 Å². The maximum atomic E-state index is 12.7. The zero-order valence-corrected chi connectivity index (χ0v) is 13.3. The van der Waals surface area contributed by atoms with E-state index in [9.17, 15) is 4.79 Å². The molecule has 0 unspecified atom stereocenters. The fourth-order valence-corrected chi connectivity index (χ4v) is 2.65. The molecular weight excluding hydrogens is 308 g/mol. The molecule has 1 aliphatic heterocycles. The third-order valence-corrected chi connectivity index (χ3v) is 4.18. The van der Waals surface area contributed by atoms with Gasteiger partial charge in [0.1, 0.15) is 5.75 Å². The van der Waals surface area contributed by atoms with E-state index in [1.165, 1.54) is 6.20 Å². The van der Waals surface area contributed by atoms with Crippen molar-refractivity contribution in [2.24, 2.45) is 11.1 Å². The van der Waals surface area contributed by atoms with E-state index in [-0.39, 0.29) is 5.91 Å². The summed E-state index contributed by atoms with van der Waals surface area (Å²) in [5.74, 6) is 0.885. The molecular formula is C17H20N4O3. The molecule has 0 aliphatic carbocycles. The lowest BCUT2D eigenvalue weighted by molar-refractivity contribution is -0.130. The van der Waals surface area contributed by atoms with Crippen molar-refractivity contribution in [2.75, 3.05) is 25.1 Å². The molecule has 3 N–H and O–H groups in total. The summed E-state index contributed by atoms with van der Waals surface area (Å²) in [7, 11) is 0. The van der Waals surface area contributed by atoms with Crippen molar-refractivity contribution in [1.82, 2.24) is 9.97 Å². The maximum absolute atomic E-state index is 12.7. The maximum Gasteiger partial charge on any atom is 0.237 e. The Morgan fingerprint density at radius 2 is 2.17 bits per heavy atom. The summed E-state index contributed by atoms with van der Waals surface area (Å²) >= 11 is 0. The van der Waals surface area contributed by atoms with Crippen LogP contribution in [-0.2, 0) is 9.53 Å². The lowest BCUT2D eigenvalue weighted by Gasteiger charge is -2.34. The van der Waals surface area contributed by atoms with Crippen LogP contribution in [0.5, 0.6) is 11.6 Å². The van der Waals surface area contributed by atoms with E-state index in [1.807, 2.05) is 6.07 Å². The number of anilines is 1. The molecule has 0 bridgehead atoms. The molecule has 2 aromatic rings. The van der Waals surface area contributed by atoms with Gasteiger partial charge in [-0.15, -0.1) is 0 Å². The van der Waals surface area contributed by atoms with Crippen LogP contribution in [0.1, 0.15) is 12.8 Å². The molecule has 1 aliphatic rings. The number of nitrogens with zero attached hydrogens (tertiary/aromatic N) is 2. The van der Waals surface area contributed by atoms with E-state index in [2.05, 4.69) is 15.3 Å². The highest BCUT2D eigenvalue weighted by Gasteiger charge is 2.38. The number of nitrogens with one attached hydrogen (secondary N) is 1. The molecule has 7 nitrogen and oxygen atoms in total.